The molecule has 0 saturated heterocycles. The van der Waals surface area contributed by atoms with Crippen molar-refractivity contribution < 1.29 is 4.79 Å². The topological polar surface area (TPSA) is 50.2 Å². The van der Waals surface area contributed by atoms with E-state index in [-0.39, 0.29) is 18.0 Å². The zero-order valence-electron chi connectivity index (χ0n) is 14.1. The van der Waals surface area contributed by atoms with Crippen LogP contribution in [0.1, 0.15) is 30.3 Å². The van der Waals surface area contributed by atoms with Crippen LogP contribution in [0.2, 0.25) is 0 Å². The normalized spacial score (nSPS) is 21.6. The number of nitrogens with one attached hydrogen (secondary N) is 1. The molecule has 0 bridgehead atoms. The summed E-state index contributed by atoms with van der Waals surface area (Å²) in [4.78, 5) is 19.3. The molecule has 24 heavy (non-hydrogen) atoms. The average Bonchev–Trinajstić information content (AvgIpc) is 3.08. The average molecular weight is 324 g/mol. The summed E-state index contributed by atoms with van der Waals surface area (Å²) < 4.78 is 2.15. The highest BCUT2D eigenvalue weighted by Crippen LogP contribution is 2.20. The molecule has 0 spiro atoms. The van der Waals surface area contributed by atoms with Gasteiger partial charge in [-0.25, -0.2) is 4.98 Å². The zero-order valence-corrected chi connectivity index (χ0v) is 14.1. The Balaban J connectivity index is 1.37. The number of rotatable bonds is 3. The summed E-state index contributed by atoms with van der Waals surface area (Å²) in [5.74, 6) is 1.27. The summed E-state index contributed by atoms with van der Waals surface area (Å²) in [5.41, 5.74) is 2.77. The standard InChI is InChI=1S/C19H24N4O/c1-14(22-10-8-15-4-2-3-5-16(15)12-22)19(24)21-17-6-7-18-20-9-11-23(18)13-17/h2-5,9,11,14,17H,6-8,10,12-13H2,1H3,(H,21,24)/t14-,17+/m1/s1. The highest BCUT2D eigenvalue weighted by molar-refractivity contribution is 5.81. The molecule has 0 fully saturated rings. The molecule has 0 radical (unpaired) electrons. The maximum absolute atomic E-state index is 12.7. The van der Waals surface area contributed by atoms with Crippen molar-refractivity contribution in [2.45, 2.75) is 51.4 Å². The number of imidazole rings is 1. The van der Waals surface area contributed by atoms with E-state index in [0.29, 0.717) is 0 Å². The van der Waals surface area contributed by atoms with Crippen LogP contribution in [0, 0.1) is 0 Å². The SMILES string of the molecule is C[C@H](C(=O)N[C@H]1CCc2nccn2C1)N1CCc2ccccc2C1. The monoisotopic (exact) mass is 324 g/mol. The highest BCUT2D eigenvalue weighted by atomic mass is 16.2. The first kappa shape index (κ1) is 15.4. The molecule has 2 aliphatic heterocycles. The van der Waals surface area contributed by atoms with Crippen molar-refractivity contribution in [1.82, 2.24) is 19.8 Å². The number of fused-ring (bicyclic) bond motifs is 2. The van der Waals surface area contributed by atoms with Gasteiger partial charge in [-0.15, -0.1) is 0 Å². The van der Waals surface area contributed by atoms with Crippen LogP contribution in [0.4, 0.5) is 0 Å². The second-order valence-electron chi connectivity index (χ2n) is 6.91. The molecule has 1 aromatic carbocycles. The van der Waals surface area contributed by atoms with Gasteiger partial charge in [0.1, 0.15) is 5.82 Å². The van der Waals surface area contributed by atoms with Gasteiger partial charge in [0.2, 0.25) is 5.91 Å². The molecule has 4 rings (SSSR count). The third kappa shape index (κ3) is 2.96. The van der Waals surface area contributed by atoms with Crippen LogP contribution in [-0.2, 0) is 30.7 Å². The Bertz CT molecular complexity index is 738. The molecule has 5 heteroatoms. The van der Waals surface area contributed by atoms with E-state index in [1.165, 1.54) is 11.1 Å². The number of aryl methyl sites for hydroxylation is 1. The van der Waals surface area contributed by atoms with E-state index < -0.39 is 0 Å². The maximum atomic E-state index is 12.7. The van der Waals surface area contributed by atoms with Crippen LogP contribution in [0.15, 0.2) is 36.7 Å². The van der Waals surface area contributed by atoms with Gasteiger partial charge < -0.3 is 9.88 Å². The van der Waals surface area contributed by atoms with Crippen molar-refractivity contribution in [2.24, 2.45) is 0 Å². The minimum Gasteiger partial charge on any atom is -0.350 e. The van der Waals surface area contributed by atoms with Gasteiger partial charge in [-0.05, 0) is 30.9 Å². The molecule has 1 amide bonds. The second-order valence-corrected chi connectivity index (χ2v) is 6.91. The quantitative estimate of drug-likeness (QED) is 0.936. The van der Waals surface area contributed by atoms with Crippen LogP contribution in [0.25, 0.3) is 0 Å². The summed E-state index contributed by atoms with van der Waals surface area (Å²) in [6.45, 7) is 4.66. The number of hydrogen-bond acceptors (Lipinski definition) is 3. The smallest absolute Gasteiger partial charge is 0.237 e. The molecule has 126 valence electrons. The largest absolute Gasteiger partial charge is 0.350 e. The fourth-order valence-corrected chi connectivity index (χ4v) is 3.82. The van der Waals surface area contributed by atoms with Gasteiger partial charge in [0.25, 0.3) is 0 Å². The first-order chi connectivity index (χ1) is 11.7. The number of benzene rings is 1. The second kappa shape index (κ2) is 6.40. The van der Waals surface area contributed by atoms with Crippen molar-refractivity contribution in [2.75, 3.05) is 6.54 Å². The molecule has 2 aromatic rings. The van der Waals surface area contributed by atoms with Gasteiger partial charge in [0.05, 0.1) is 6.04 Å². The third-order valence-electron chi connectivity index (χ3n) is 5.37. The Labute approximate surface area is 142 Å². The van der Waals surface area contributed by atoms with Crippen LogP contribution in [-0.4, -0.2) is 39.0 Å². The summed E-state index contributed by atoms with van der Waals surface area (Å²) in [6, 6.07) is 8.66. The molecular weight excluding hydrogens is 300 g/mol. The lowest BCUT2D eigenvalue weighted by Crippen LogP contribution is -2.51. The minimum absolute atomic E-state index is 0.0949. The Kier molecular flexibility index (Phi) is 4.10. The molecule has 0 unspecified atom stereocenters. The van der Waals surface area contributed by atoms with Crippen molar-refractivity contribution in [3.8, 4) is 0 Å². The van der Waals surface area contributed by atoms with E-state index in [4.69, 9.17) is 0 Å². The van der Waals surface area contributed by atoms with Gasteiger partial charge >= 0.3 is 0 Å². The Morgan fingerprint density at radius 3 is 3.00 bits per heavy atom. The number of hydrogen-bond donors (Lipinski definition) is 1. The number of amides is 1. The first-order valence-corrected chi connectivity index (χ1v) is 8.82. The van der Waals surface area contributed by atoms with Gasteiger partial charge in [0.15, 0.2) is 0 Å². The van der Waals surface area contributed by atoms with Crippen LogP contribution in [0.5, 0.6) is 0 Å². The van der Waals surface area contributed by atoms with Gasteiger partial charge in [-0.1, -0.05) is 24.3 Å². The summed E-state index contributed by atoms with van der Waals surface area (Å²) in [6.07, 6.45) is 6.77. The Morgan fingerprint density at radius 2 is 2.12 bits per heavy atom. The van der Waals surface area contributed by atoms with Crippen LogP contribution in [0.3, 0.4) is 0 Å². The lowest BCUT2D eigenvalue weighted by molar-refractivity contribution is -0.127. The van der Waals surface area contributed by atoms with E-state index in [1.807, 2.05) is 19.3 Å². The lowest BCUT2D eigenvalue weighted by atomic mass is 9.98. The van der Waals surface area contributed by atoms with E-state index >= 15 is 0 Å². The third-order valence-corrected chi connectivity index (χ3v) is 5.37. The van der Waals surface area contributed by atoms with E-state index in [2.05, 4.69) is 44.0 Å². The van der Waals surface area contributed by atoms with Crippen LogP contribution < -0.4 is 5.32 Å². The van der Waals surface area contributed by atoms with Crippen molar-refractivity contribution in [3.05, 3.63) is 53.6 Å². The molecule has 0 aliphatic carbocycles. The molecule has 1 N–H and O–H groups in total. The molecular formula is C19H24N4O. The van der Waals surface area contributed by atoms with Crippen molar-refractivity contribution >= 4 is 5.91 Å². The number of carbonyl (C=O) groups is 1. The number of nitrogens with zero attached hydrogens (tertiary/aromatic N) is 3. The number of carbonyl (C=O) groups excluding carboxylic acids is 1. The highest BCUT2D eigenvalue weighted by Gasteiger charge is 2.27. The van der Waals surface area contributed by atoms with E-state index in [0.717, 1.165) is 44.7 Å². The van der Waals surface area contributed by atoms with E-state index in [9.17, 15) is 4.79 Å². The van der Waals surface area contributed by atoms with Crippen molar-refractivity contribution in [3.63, 3.8) is 0 Å². The molecule has 2 aliphatic rings. The Hall–Kier alpha value is -2.14. The molecule has 5 nitrogen and oxygen atoms in total. The predicted molar refractivity (Wildman–Crippen MR) is 92.5 cm³/mol. The summed E-state index contributed by atoms with van der Waals surface area (Å²) >= 11 is 0. The summed E-state index contributed by atoms with van der Waals surface area (Å²) in [7, 11) is 0. The van der Waals surface area contributed by atoms with Gasteiger partial charge in [0, 0.05) is 44.5 Å². The molecule has 0 saturated carbocycles. The Morgan fingerprint density at radius 1 is 1.29 bits per heavy atom. The molecule has 3 heterocycles. The fraction of sp³-hybridized carbons (Fsp3) is 0.474. The molecule has 2 atom stereocenters. The minimum atomic E-state index is -0.0949. The zero-order chi connectivity index (χ0) is 16.5. The van der Waals surface area contributed by atoms with Gasteiger partial charge in [-0.2, -0.15) is 0 Å². The summed E-state index contributed by atoms with van der Waals surface area (Å²) in [5, 5.41) is 3.24. The fourth-order valence-electron chi connectivity index (χ4n) is 3.82. The van der Waals surface area contributed by atoms with E-state index in [1.54, 1.807) is 0 Å². The first-order valence-electron chi connectivity index (χ1n) is 8.82. The predicted octanol–water partition coefficient (Wildman–Crippen LogP) is 1.76. The van der Waals surface area contributed by atoms with Gasteiger partial charge in [-0.3, -0.25) is 9.69 Å². The number of aromatic nitrogens is 2. The lowest BCUT2D eigenvalue weighted by Gasteiger charge is -2.34. The van der Waals surface area contributed by atoms with Crippen LogP contribution >= 0.6 is 0 Å². The maximum Gasteiger partial charge on any atom is 0.237 e. The van der Waals surface area contributed by atoms with Crippen molar-refractivity contribution in [1.29, 1.82) is 0 Å². The molecule has 1 aromatic heterocycles.